The van der Waals surface area contributed by atoms with Crippen molar-refractivity contribution in [1.29, 1.82) is 0 Å². The van der Waals surface area contributed by atoms with Crippen LogP contribution in [0.25, 0.3) is 41.7 Å². The summed E-state index contributed by atoms with van der Waals surface area (Å²) in [5, 5.41) is 5.26. The fraction of sp³-hybridized carbons (Fsp3) is 0. The first-order chi connectivity index (χ1) is 11.1. The van der Waals surface area contributed by atoms with Gasteiger partial charge in [0.1, 0.15) is 0 Å². The minimum absolute atomic E-state index is 0.443. The van der Waals surface area contributed by atoms with Gasteiger partial charge in [0.2, 0.25) is 0 Å². The molecule has 0 unspecified atom stereocenters. The lowest BCUT2D eigenvalue weighted by Gasteiger charge is -2.11. The van der Waals surface area contributed by atoms with Crippen LogP contribution in [0.5, 0.6) is 0 Å². The molecule has 3 aromatic carbocycles. The van der Waals surface area contributed by atoms with Crippen LogP contribution >= 0.6 is 22.9 Å². The second-order valence-corrected chi connectivity index (χ2v) is 6.96. The van der Waals surface area contributed by atoms with Gasteiger partial charge in [-0.15, -0.1) is 11.3 Å². The maximum Gasteiger partial charge on any atom is 0.346 e. The molecule has 0 fully saturated rings. The highest BCUT2D eigenvalue weighted by Crippen LogP contribution is 2.40. The molecule has 0 saturated heterocycles. The van der Waals surface area contributed by atoms with Crippen LogP contribution in [-0.2, 0) is 0 Å². The summed E-state index contributed by atoms with van der Waals surface area (Å²) in [4.78, 5) is 24.1. The van der Waals surface area contributed by atoms with Gasteiger partial charge in [-0.3, -0.25) is 0 Å². The fourth-order valence-electron chi connectivity index (χ4n) is 3.23. The predicted octanol–water partition coefficient (Wildman–Crippen LogP) is 4.77. The van der Waals surface area contributed by atoms with Gasteiger partial charge < -0.3 is 4.42 Å². The molecule has 3 nitrogen and oxygen atoms in total. The Hall–Kier alpha value is -2.43. The molecule has 23 heavy (non-hydrogen) atoms. The Labute approximate surface area is 137 Å². The smallest absolute Gasteiger partial charge is 0.346 e. The van der Waals surface area contributed by atoms with Crippen molar-refractivity contribution in [2.45, 2.75) is 0 Å². The van der Waals surface area contributed by atoms with Crippen LogP contribution in [0.3, 0.4) is 0 Å². The van der Waals surface area contributed by atoms with Gasteiger partial charge in [-0.2, -0.15) is 0 Å². The first kappa shape index (κ1) is 13.0. The molecule has 5 heteroatoms. The number of rotatable bonds is 0. The minimum Gasteiger partial charge on any atom is -0.386 e. The number of fused-ring (bicyclic) bond motifs is 2. The molecule has 0 saturated carbocycles. The van der Waals surface area contributed by atoms with Crippen LogP contribution in [0.2, 0.25) is 5.02 Å². The van der Waals surface area contributed by atoms with Gasteiger partial charge in [-0.25, -0.2) is 9.59 Å². The van der Waals surface area contributed by atoms with E-state index < -0.39 is 11.3 Å². The monoisotopic (exact) mass is 338 g/mol. The van der Waals surface area contributed by atoms with Crippen molar-refractivity contribution in [3.05, 3.63) is 68.3 Å². The van der Waals surface area contributed by atoms with Crippen molar-refractivity contribution in [1.82, 2.24) is 0 Å². The molecule has 0 bridgehead atoms. The van der Waals surface area contributed by atoms with Crippen LogP contribution < -0.4 is 11.3 Å². The van der Waals surface area contributed by atoms with Crippen molar-refractivity contribution < 1.29 is 4.42 Å². The first-order valence-corrected chi connectivity index (χ1v) is 8.17. The van der Waals surface area contributed by atoms with Crippen molar-refractivity contribution in [3.8, 4) is 0 Å². The van der Waals surface area contributed by atoms with E-state index in [-0.39, 0.29) is 0 Å². The summed E-state index contributed by atoms with van der Waals surface area (Å²) in [7, 11) is 0. The van der Waals surface area contributed by atoms with E-state index in [1.807, 2.05) is 30.3 Å². The second kappa shape index (κ2) is 4.31. The number of hydrogen-bond acceptors (Lipinski definition) is 4. The first-order valence-electron chi connectivity index (χ1n) is 6.97. The highest BCUT2D eigenvalue weighted by molar-refractivity contribution is 7.25. The number of benzene rings is 3. The number of halogens is 1. The average Bonchev–Trinajstić information content (AvgIpc) is 2.53. The Bertz CT molecular complexity index is 1330. The molecule has 110 valence electrons. The third-order valence-electron chi connectivity index (χ3n) is 4.20. The van der Waals surface area contributed by atoms with E-state index in [9.17, 15) is 9.59 Å². The largest absolute Gasteiger partial charge is 0.386 e. The molecule has 2 aromatic heterocycles. The molecule has 0 aliphatic carbocycles. The molecule has 0 N–H and O–H groups in total. The van der Waals surface area contributed by atoms with Crippen molar-refractivity contribution in [2.75, 3.05) is 0 Å². The zero-order chi connectivity index (χ0) is 15.7. The Kier molecular flexibility index (Phi) is 2.45. The van der Waals surface area contributed by atoms with E-state index in [0.29, 0.717) is 21.2 Å². The summed E-state index contributed by atoms with van der Waals surface area (Å²) >= 11 is 7.70. The molecular weight excluding hydrogens is 332 g/mol. The quantitative estimate of drug-likeness (QED) is 0.302. The molecule has 0 amide bonds. The molecule has 0 atom stereocenters. The SMILES string of the molecule is O=c1oc(=O)c2ccc3c4ccc(Cl)cc4sc4ccc1c2c43. The van der Waals surface area contributed by atoms with Crippen LogP contribution in [0.1, 0.15) is 0 Å². The van der Waals surface area contributed by atoms with Gasteiger partial charge in [0.25, 0.3) is 0 Å². The van der Waals surface area contributed by atoms with Crippen LogP contribution in [0.15, 0.2) is 56.5 Å². The molecule has 0 aliphatic rings. The van der Waals surface area contributed by atoms with Gasteiger partial charge in [0, 0.05) is 25.2 Å². The summed E-state index contributed by atoms with van der Waals surface area (Å²) in [5.41, 5.74) is -1.17. The molecule has 5 aromatic rings. The highest BCUT2D eigenvalue weighted by atomic mass is 35.5. The van der Waals surface area contributed by atoms with Crippen molar-refractivity contribution in [2.24, 2.45) is 0 Å². The molecule has 5 rings (SSSR count). The van der Waals surface area contributed by atoms with Gasteiger partial charge in [-0.05, 0) is 41.1 Å². The summed E-state index contributed by atoms with van der Waals surface area (Å²) in [6.45, 7) is 0. The Morgan fingerprint density at radius 3 is 2.17 bits per heavy atom. The Balaban J connectivity index is 2.22. The highest BCUT2D eigenvalue weighted by Gasteiger charge is 2.16. The maximum atomic E-state index is 12.0. The third-order valence-corrected chi connectivity index (χ3v) is 5.55. The van der Waals surface area contributed by atoms with Crippen molar-refractivity contribution >= 4 is 64.7 Å². The fourth-order valence-corrected chi connectivity index (χ4v) is 4.63. The van der Waals surface area contributed by atoms with E-state index in [4.69, 9.17) is 16.0 Å². The maximum absolute atomic E-state index is 12.0. The van der Waals surface area contributed by atoms with Gasteiger partial charge in [0.05, 0.1) is 10.8 Å². The van der Waals surface area contributed by atoms with Crippen molar-refractivity contribution in [3.63, 3.8) is 0 Å². The normalized spacial score (nSPS) is 12.0. The third kappa shape index (κ3) is 1.65. The molecular formula is C18H7ClO3S. The topological polar surface area (TPSA) is 47.3 Å². The van der Waals surface area contributed by atoms with E-state index in [2.05, 4.69) is 0 Å². The van der Waals surface area contributed by atoms with E-state index in [0.717, 1.165) is 25.6 Å². The van der Waals surface area contributed by atoms with Crippen LogP contribution in [0.4, 0.5) is 0 Å². The molecule has 2 heterocycles. The van der Waals surface area contributed by atoms with Gasteiger partial charge in [0.15, 0.2) is 0 Å². The van der Waals surface area contributed by atoms with E-state index >= 15 is 0 Å². The molecule has 0 aliphatic heterocycles. The van der Waals surface area contributed by atoms with E-state index in [1.165, 1.54) is 0 Å². The molecule has 0 spiro atoms. The average molecular weight is 339 g/mol. The zero-order valence-electron chi connectivity index (χ0n) is 11.6. The number of hydrogen-bond donors (Lipinski definition) is 0. The van der Waals surface area contributed by atoms with Crippen LogP contribution in [0, 0.1) is 0 Å². The van der Waals surface area contributed by atoms with E-state index in [1.54, 1.807) is 23.5 Å². The zero-order valence-corrected chi connectivity index (χ0v) is 13.1. The summed E-state index contributed by atoms with van der Waals surface area (Å²) < 4.78 is 6.90. The standard InChI is InChI=1S/C18H7ClO3S/c19-8-1-2-9-10-3-4-11-15-12(18(21)22-17(11)20)5-6-13(16(10)15)23-14(9)7-8/h1-7H. The lowest BCUT2D eigenvalue weighted by atomic mass is 9.98. The molecule has 0 radical (unpaired) electrons. The second-order valence-electron chi connectivity index (χ2n) is 5.44. The Morgan fingerprint density at radius 2 is 1.39 bits per heavy atom. The summed E-state index contributed by atoms with van der Waals surface area (Å²) in [6, 6.07) is 13.0. The van der Waals surface area contributed by atoms with Gasteiger partial charge in [-0.1, -0.05) is 23.7 Å². The lowest BCUT2D eigenvalue weighted by molar-refractivity contribution is 0.489. The lowest BCUT2D eigenvalue weighted by Crippen LogP contribution is -2.12. The van der Waals surface area contributed by atoms with Gasteiger partial charge >= 0.3 is 11.3 Å². The predicted molar refractivity (Wildman–Crippen MR) is 95.3 cm³/mol. The van der Waals surface area contributed by atoms with Crippen LogP contribution in [-0.4, -0.2) is 0 Å². The summed E-state index contributed by atoms with van der Waals surface area (Å²) in [5.74, 6) is 0. The minimum atomic E-state index is -0.585. The Morgan fingerprint density at radius 1 is 0.739 bits per heavy atom. The summed E-state index contributed by atoms with van der Waals surface area (Å²) in [6.07, 6.45) is 0.